The molecular weight excluding hydrogens is 150 g/mol. The van der Waals surface area contributed by atoms with Crippen molar-refractivity contribution >= 4 is 15.9 Å². The Morgan fingerprint density at radius 1 is 1.80 bits per heavy atom. The van der Waals surface area contributed by atoms with E-state index < -0.39 is 10.7 Å². The molecule has 1 aliphatic heterocycles. The van der Waals surface area contributed by atoms with E-state index in [2.05, 4.69) is 14.4 Å². The molecule has 0 aromatic carbocycles. The van der Waals surface area contributed by atoms with Crippen LogP contribution in [0.1, 0.15) is 6.92 Å². The predicted octanol–water partition coefficient (Wildman–Crippen LogP) is 0.539. The standard InChI is InChI=1S/C5H9N3OS/c1-4-3-10(8-9-2)5(6)7-4/h3H,1-2H3,(H2,6,7). The number of allylic oxidation sites excluding steroid dienone is 1. The average molecular weight is 159 g/mol. The molecule has 0 bridgehead atoms. The molecule has 4 nitrogen and oxygen atoms in total. The van der Waals surface area contributed by atoms with Gasteiger partial charge in [0.2, 0.25) is 0 Å². The minimum Gasteiger partial charge on any atom is -0.377 e. The van der Waals surface area contributed by atoms with Crippen LogP contribution in [-0.4, -0.2) is 12.3 Å². The Hall–Kier alpha value is -0.680. The first-order valence-corrected chi connectivity index (χ1v) is 3.98. The van der Waals surface area contributed by atoms with Crippen molar-refractivity contribution in [1.82, 2.24) is 0 Å². The molecule has 0 aromatic heterocycles. The van der Waals surface area contributed by atoms with Gasteiger partial charge in [0, 0.05) is 21.8 Å². The third kappa shape index (κ3) is 1.43. The van der Waals surface area contributed by atoms with E-state index in [1.165, 1.54) is 7.11 Å². The topological polar surface area (TPSA) is 60.0 Å². The third-order valence-electron chi connectivity index (χ3n) is 0.938. The molecule has 0 saturated heterocycles. The van der Waals surface area contributed by atoms with Gasteiger partial charge in [-0.1, -0.05) is 4.53 Å². The average Bonchev–Trinajstić information content (AvgIpc) is 2.13. The summed E-state index contributed by atoms with van der Waals surface area (Å²) in [5.41, 5.74) is 6.40. The fourth-order valence-corrected chi connectivity index (χ4v) is 1.62. The van der Waals surface area contributed by atoms with E-state index in [-0.39, 0.29) is 0 Å². The maximum Gasteiger partial charge on any atom is 0.176 e. The second kappa shape index (κ2) is 2.94. The molecule has 1 atom stereocenters. The Labute approximate surface area is 61.8 Å². The molecule has 0 fully saturated rings. The van der Waals surface area contributed by atoms with Crippen LogP contribution in [-0.2, 0) is 15.5 Å². The first kappa shape index (κ1) is 7.43. The normalized spacial score (nSPS) is 24.8. The van der Waals surface area contributed by atoms with Gasteiger partial charge in [0.05, 0.1) is 7.11 Å². The first-order chi connectivity index (χ1) is 4.74. The summed E-state index contributed by atoms with van der Waals surface area (Å²) in [4.78, 5) is 8.56. The summed E-state index contributed by atoms with van der Waals surface area (Å²) >= 11 is 0. The number of aliphatic imine (C=N–C) groups is 1. The number of amidine groups is 1. The van der Waals surface area contributed by atoms with Gasteiger partial charge in [-0.25, -0.2) is 9.83 Å². The number of hydrogen-bond acceptors (Lipinski definition) is 4. The van der Waals surface area contributed by atoms with Gasteiger partial charge in [0.25, 0.3) is 0 Å². The first-order valence-electron chi connectivity index (χ1n) is 2.74. The summed E-state index contributed by atoms with van der Waals surface area (Å²) in [6, 6.07) is 0. The molecule has 0 amide bonds. The quantitative estimate of drug-likeness (QED) is 0.567. The summed E-state index contributed by atoms with van der Waals surface area (Å²) in [7, 11) is 1.07. The van der Waals surface area contributed by atoms with E-state index in [4.69, 9.17) is 5.73 Å². The van der Waals surface area contributed by atoms with Gasteiger partial charge in [-0.2, -0.15) is 0 Å². The highest BCUT2D eigenvalue weighted by molar-refractivity contribution is 8.05. The van der Waals surface area contributed by atoms with E-state index >= 15 is 0 Å². The van der Waals surface area contributed by atoms with E-state index in [0.29, 0.717) is 5.17 Å². The van der Waals surface area contributed by atoms with Gasteiger partial charge in [0.1, 0.15) is 0 Å². The minimum atomic E-state index is -0.434. The van der Waals surface area contributed by atoms with Gasteiger partial charge < -0.3 is 5.73 Å². The summed E-state index contributed by atoms with van der Waals surface area (Å²) in [5, 5.41) is 2.40. The molecule has 0 aliphatic carbocycles. The molecule has 0 aromatic rings. The fraction of sp³-hybridized carbons (Fsp3) is 0.400. The van der Waals surface area contributed by atoms with E-state index in [1.54, 1.807) is 0 Å². The van der Waals surface area contributed by atoms with Crippen molar-refractivity contribution in [2.24, 2.45) is 15.3 Å². The zero-order valence-corrected chi connectivity index (χ0v) is 6.68. The van der Waals surface area contributed by atoms with Crippen LogP contribution in [0.5, 0.6) is 0 Å². The van der Waals surface area contributed by atoms with Crippen molar-refractivity contribution < 1.29 is 4.84 Å². The molecule has 0 radical (unpaired) electrons. The van der Waals surface area contributed by atoms with Crippen molar-refractivity contribution in [3.05, 3.63) is 11.1 Å². The smallest absolute Gasteiger partial charge is 0.176 e. The van der Waals surface area contributed by atoms with Crippen molar-refractivity contribution in [1.29, 1.82) is 0 Å². The van der Waals surface area contributed by atoms with Crippen LogP contribution < -0.4 is 5.73 Å². The largest absolute Gasteiger partial charge is 0.377 e. The van der Waals surface area contributed by atoms with Gasteiger partial charge in [-0.15, -0.1) is 0 Å². The minimum absolute atomic E-state index is 0.434. The lowest BCUT2D eigenvalue weighted by molar-refractivity contribution is 0.221. The Bertz CT molecular complexity index is 231. The lowest BCUT2D eigenvalue weighted by Gasteiger charge is -1.91. The Morgan fingerprint density at radius 3 is 2.90 bits per heavy atom. The highest BCUT2D eigenvalue weighted by Gasteiger charge is 2.07. The maximum atomic E-state index is 5.49. The lowest BCUT2D eigenvalue weighted by Crippen LogP contribution is -2.13. The molecule has 1 unspecified atom stereocenters. The monoisotopic (exact) mass is 159 g/mol. The maximum absolute atomic E-state index is 5.49. The second-order valence-electron chi connectivity index (χ2n) is 1.78. The Balaban J connectivity index is 2.84. The van der Waals surface area contributed by atoms with Crippen molar-refractivity contribution in [3.8, 4) is 0 Å². The van der Waals surface area contributed by atoms with Crippen molar-refractivity contribution in [2.45, 2.75) is 6.92 Å². The van der Waals surface area contributed by atoms with Gasteiger partial charge in [-0.3, -0.25) is 0 Å². The molecule has 56 valence electrons. The van der Waals surface area contributed by atoms with E-state index in [1.807, 2.05) is 12.3 Å². The molecule has 1 heterocycles. The second-order valence-corrected chi connectivity index (χ2v) is 3.21. The third-order valence-corrected chi connectivity index (χ3v) is 2.33. The molecule has 1 aliphatic rings. The summed E-state index contributed by atoms with van der Waals surface area (Å²) in [5.74, 6) is 0. The molecule has 10 heavy (non-hydrogen) atoms. The molecule has 5 heteroatoms. The van der Waals surface area contributed by atoms with E-state index in [9.17, 15) is 0 Å². The molecule has 1 rings (SSSR count). The zero-order chi connectivity index (χ0) is 7.56. The van der Waals surface area contributed by atoms with Gasteiger partial charge >= 0.3 is 0 Å². The van der Waals surface area contributed by atoms with Crippen LogP contribution in [0, 0.1) is 0 Å². The van der Waals surface area contributed by atoms with Crippen LogP contribution in [0.25, 0.3) is 0 Å². The van der Waals surface area contributed by atoms with Crippen LogP contribution >= 0.6 is 0 Å². The lowest BCUT2D eigenvalue weighted by atomic mass is 10.6. The SMILES string of the molecule is CON=S1C=C(C)N=C1N. The van der Waals surface area contributed by atoms with Crippen LogP contribution in [0.2, 0.25) is 0 Å². The highest BCUT2D eigenvalue weighted by atomic mass is 32.2. The van der Waals surface area contributed by atoms with Crippen molar-refractivity contribution in [3.63, 3.8) is 0 Å². The number of nitrogens with zero attached hydrogens (tertiary/aromatic N) is 2. The molecular formula is C5H9N3OS. The fourth-order valence-electron chi connectivity index (χ4n) is 0.609. The van der Waals surface area contributed by atoms with Gasteiger partial charge in [-0.05, 0) is 6.92 Å². The Morgan fingerprint density at radius 2 is 2.50 bits per heavy atom. The highest BCUT2D eigenvalue weighted by Crippen LogP contribution is 2.08. The predicted molar refractivity (Wildman–Crippen MR) is 42.2 cm³/mol. The Kier molecular flexibility index (Phi) is 2.18. The van der Waals surface area contributed by atoms with Crippen molar-refractivity contribution in [2.75, 3.05) is 7.11 Å². The molecule has 2 N–H and O–H groups in total. The molecule has 0 saturated carbocycles. The van der Waals surface area contributed by atoms with E-state index in [0.717, 1.165) is 5.70 Å². The van der Waals surface area contributed by atoms with Crippen LogP contribution in [0.3, 0.4) is 0 Å². The number of hydrogen-bond donors (Lipinski definition) is 1. The summed E-state index contributed by atoms with van der Waals surface area (Å²) in [6.07, 6.45) is 0. The zero-order valence-electron chi connectivity index (χ0n) is 5.87. The van der Waals surface area contributed by atoms with Gasteiger partial charge in [0.15, 0.2) is 5.17 Å². The molecule has 0 spiro atoms. The summed E-state index contributed by atoms with van der Waals surface area (Å²) in [6.45, 7) is 1.88. The van der Waals surface area contributed by atoms with Crippen LogP contribution in [0.15, 0.2) is 20.6 Å². The number of rotatable bonds is 1. The summed E-state index contributed by atoms with van der Waals surface area (Å²) < 4.78 is 3.75. The number of nitrogens with two attached hydrogens (primary N) is 1. The van der Waals surface area contributed by atoms with Crippen LogP contribution in [0.4, 0.5) is 0 Å².